The lowest BCUT2D eigenvalue weighted by atomic mass is 9.95. The molecule has 8 nitrogen and oxygen atoms in total. The highest BCUT2D eigenvalue weighted by atomic mass is 79.9. The Hall–Kier alpha value is -2.42. The van der Waals surface area contributed by atoms with Gasteiger partial charge in [-0.25, -0.2) is 4.79 Å². The normalized spacial score (nSPS) is 15.8. The molecule has 2 aromatic rings. The van der Waals surface area contributed by atoms with Crippen LogP contribution in [0.25, 0.3) is 0 Å². The minimum Gasteiger partial charge on any atom is -0.493 e. The lowest BCUT2D eigenvalue weighted by Gasteiger charge is -2.28. The first-order valence-electron chi connectivity index (χ1n) is 9.41. The number of allylic oxidation sites excluding steroid dienone is 1. The molecule has 9 heteroatoms. The number of ether oxygens (including phenoxy) is 2. The van der Waals surface area contributed by atoms with Crippen LogP contribution in [0.1, 0.15) is 51.6 Å². The van der Waals surface area contributed by atoms with Crippen LogP contribution in [0.15, 0.2) is 33.9 Å². The van der Waals surface area contributed by atoms with Crippen molar-refractivity contribution in [1.82, 2.24) is 20.2 Å². The molecule has 150 valence electrons. The number of tetrazole rings is 1. The van der Waals surface area contributed by atoms with Crippen LogP contribution in [-0.4, -0.2) is 39.4 Å². The number of halogens is 1. The molecule has 0 bridgehead atoms. The Balaban J connectivity index is 2.07. The van der Waals surface area contributed by atoms with E-state index in [4.69, 9.17) is 9.47 Å². The third kappa shape index (κ3) is 4.19. The topological polar surface area (TPSA) is 91.2 Å². The van der Waals surface area contributed by atoms with Crippen LogP contribution in [0.4, 0.5) is 5.95 Å². The molecule has 1 aromatic carbocycles. The number of hydrogen-bond donors (Lipinski definition) is 1. The number of unbranched alkanes of at least 4 members (excludes halogenated alkanes) is 1. The second kappa shape index (κ2) is 9.18. The van der Waals surface area contributed by atoms with Gasteiger partial charge >= 0.3 is 5.97 Å². The number of nitrogens with zero attached hydrogens (tertiary/aromatic N) is 4. The van der Waals surface area contributed by atoms with E-state index in [-0.39, 0.29) is 5.97 Å². The van der Waals surface area contributed by atoms with E-state index in [2.05, 4.69) is 43.7 Å². The maximum atomic E-state index is 13.0. The van der Waals surface area contributed by atoms with Crippen LogP contribution in [-0.2, 0) is 9.53 Å². The summed E-state index contributed by atoms with van der Waals surface area (Å²) in [6.45, 7) is 6.87. The predicted octanol–water partition coefficient (Wildman–Crippen LogP) is 3.86. The Labute approximate surface area is 172 Å². The molecular formula is C19H24BrN5O3. The van der Waals surface area contributed by atoms with Crippen molar-refractivity contribution < 1.29 is 14.3 Å². The molecule has 28 heavy (non-hydrogen) atoms. The molecule has 1 aromatic heterocycles. The van der Waals surface area contributed by atoms with Gasteiger partial charge in [0.05, 0.1) is 18.8 Å². The van der Waals surface area contributed by atoms with Crippen LogP contribution >= 0.6 is 15.9 Å². The molecule has 1 aliphatic rings. The quantitative estimate of drug-likeness (QED) is 0.483. The van der Waals surface area contributed by atoms with E-state index in [1.165, 1.54) is 0 Å². The molecule has 0 saturated heterocycles. The Bertz CT molecular complexity index is 880. The van der Waals surface area contributed by atoms with Crippen molar-refractivity contribution >= 4 is 27.8 Å². The minimum atomic E-state index is -0.551. The molecule has 1 unspecified atom stereocenters. The molecule has 0 fully saturated rings. The molecule has 1 aliphatic heterocycles. The molecule has 1 N–H and O–H groups in total. The zero-order valence-corrected chi connectivity index (χ0v) is 17.8. The van der Waals surface area contributed by atoms with E-state index >= 15 is 0 Å². The highest BCUT2D eigenvalue weighted by Crippen LogP contribution is 2.40. The van der Waals surface area contributed by atoms with Gasteiger partial charge in [-0.1, -0.05) is 41.3 Å². The third-order valence-electron chi connectivity index (χ3n) is 4.39. The van der Waals surface area contributed by atoms with Crippen LogP contribution in [0.2, 0.25) is 0 Å². The molecular weight excluding hydrogens is 426 g/mol. The zero-order valence-electron chi connectivity index (χ0n) is 16.2. The fourth-order valence-corrected chi connectivity index (χ4v) is 3.41. The van der Waals surface area contributed by atoms with Gasteiger partial charge in [0.25, 0.3) is 0 Å². The van der Waals surface area contributed by atoms with E-state index < -0.39 is 6.04 Å². The average molecular weight is 450 g/mol. The van der Waals surface area contributed by atoms with Crippen molar-refractivity contribution in [2.75, 3.05) is 18.5 Å². The zero-order chi connectivity index (χ0) is 20.1. The first kappa shape index (κ1) is 20.3. The van der Waals surface area contributed by atoms with E-state index in [1.54, 1.807) is 4.68 Å². The Morgan fingerprint density at radius 3 is 2.86 bits per heavy atom. The Morgan fingerprint density at radius 2 is 2.11 bits per heavy atom. The van der Waals surface area contributed by atoms with Gasteiger partial charge < -0.3 is 14.8 Å². The smallest absolute Gasteiger partial charge is 0.338 e. The van der Waals surface area contributed by atoms with Gasteiger partial charge in [-0.3, -0.25) is 0 Å². The summed E-state index contributed by atoms with van der Waals surface area (Å²) in [6.07, 6.45) is 2.64. The van der Waals surface area contributed by atoms with Crippen LogP contribution < -0.4 is 10.1 Å². The fraction of sp³-hybridized carbons (Fsp3) is 0.474. The van der Waals surface area contributed by atoms with Gasteiger partial charge in [0.15, 0.2) is 0 Å². The number of hydrogen-bond acceptors (Lipinski definition) is 7. The first-order valence-corrected chi connectivity index (χ1v) is 10.2. The van der Waals surface area contributed by atoms with Crippen LogP contribution in [0, 0.1) is 0 Å². The molecule has 3 rings (SSSR count). The summed E-state index contributed by atoms with van der Waals surface area (Å²) in [5.41, 5.74) is 1.92. The standard InChI is InChI=1S/C19H24BrN5O3/c1-4-6-10-28-18(26)16-12(3)21-19-22-23-24-25(19)17(16)14-11-13(20)7-8-15(14)27-9-5-2/h7-8,11,17H,4-6,9-10H2,1-3H3,(H,21,22,24). The minimum absolute atomic E-state index is 0.374. The number of carbonyl (C=O) groups is 1. The molecule has 2 heterocycles. The summed E-state index contributed by atoms with van der Waals surface area (Å²) in [7, 11) is 0. The number of rotatable bonds is 8. The van der Waals surface area contributed by atoms with Crippen molar-refractivity contribution in [3.63, 3.8) is 0 Å². The van der Waals surface area contributed by atoms with Gasteiger partial charge in [0, 0.05) is 15.7 Å². The van der Waals surface area contributed by atoms with Gasteiger partial charge in [0.1, 0.15) is 11.8 Å². The fourth-order valence-electron chi connectivity index (χ4n) is 3.03. The third-order valence-corrected chi connectivity index (χ3v) is 4.89. The summed E-state index contributed by atoms with van der Waals surface area (Å²) in [5.74, 6) is 0.769. The molecule has 0 aliphatic carbocycles. The number of aromatic nitrogens is 4. The molecule has 1 atom stereocenters. The largest absolute Gasteiger partial charge is 0.493 e. The maximum absolute atomic E-state index is 13.0. The van der Waals surface area contributed by atoms with E-state index in [9.17, 15) is 4.79 Å². The number of nitrogens with one attached hydrogen (secondary N) is 1. The number of esters is 1. The lowest BCUT2D eigenvalue weighted by molar-refractivity contribution is -0.139. The predicted molar refractivity (Wildman–Crippen MR) is 108 cm³/mol. The van der Waals surface area contributed by atoms with Crippen molar-refractivity contribution in [1.29, 1.82) is 0 Å². The van der Waals surface area contributed by atoms with Crippen LogP contribution in [0.5, 0.6) is 5.75 Å². The van der Waals surface area contributed by atoms with Crippen molar-refractivity contribution in [2.45, 2.75) is 46.1 Å². The second-order valence-corrected chi connectivity index (χ2v) is 7.45. The SMILES string of the molecule is CCCCOC(=O)C1=C(C)Nc2nnnn2C1c1cc(Br)ccc1OCCC. The van der Waals surface area contributed by atoms with Gasteiger partial charge in [-0.05, 0) is 48.4 Å². The van der Waals surface area contributed by atoms with E-state index in [0.29, 0.717) is 36.2 Å². The average Bonchev–Trinajstić information content (AvgIpc) is 3.14. The number of anilines is 1. The molecule has 0 saturated carbocycles. The summed E-state index contributed by atoms with van der Waals surface area (Å²) < 4.78 is 13.9. The highest BCUT2D eigenvalue weighted by Gasteiger charge is 2.36. The number of benzene rings is 1. The number of carbonyl (C=O) groups excluding carboxylic acids is 1. The van der Waals surface area contributed by atoms with Crippen LogP contribution in [0.3, 0.4) is 0 Å². The Kier molecular flexibility index (Phi) is 6.66. The van der Waals surface area contributed by atoms with Crippen molar-refractivity contribution in [2.24, 2.45) is 0 Å². The molecule has 0 spiro atoms. The van der Waals surface area contributed by atoms with Gasteiger partial charge in [-0.2, -0.15) is 4.68 Å². The second-order valence-electron chi connectivity index (χ2n) is 6.53. The molecule has 0 radical (unpaired) electrons. The van der Waals surface area contributed by atoms with E-state index in [1.807, 2.05) is 32.0 Å². The summed E-state index contributed by atoms with van der Waals surface area (Å²) in [6, 6.07) is 5.17. The Morgan fingerprint density at radius 1 is 1.29 bits per heavy atom. The monoisotopic (exact) mass is 449 g/mol. The highest BCUT2D eigenvalue weighted by molar-refractivity contribution is 9.10. The van der Waals surface area contributed by atoms with Crippen molar-refractivity contribution in [3.8, 4) is 5.75 Å². The first-order chi connectivity index (χ1) is 13.6. The summed E-state index contributed by atoms with van der Waals surface area (Å²) in [5, 5.41) is 15.0. The summed E-state index contributed by atoms with van der Waals surface area (Å²) >= 11 is 3.52. The van der Waals surface area contributed by atoms with Crippen molar-refractivity contribution in [3.05, 3.63) is 39.5 Å². The van der Waals surface area contributed by atoms with Gasteiger partial charge in [0.2, 0.25) is 5.95 Å². The van der Waals surface area contributed by atoms with Gasteiger partial charge in [-0.15, -0.1) is 0 Å². The summed E-state index contributed by atoms with van der Waals surface area (Å²) in [4.78, 5) is 13.0. The number of fused-ring (bicyclic) bond motifs is 1. The van der Waals surface area contributed by atoms with E-state index in [0.717, 1.165) is 29.3 Å². The lowest BCUT2D eigenvalue weighted by Crippen LogP contribution is -2.30. The molecule has 0 amide bonds. The maximum Gasteiger partial charge on any atom is 0.338 e.